The number of nitrogens with zero attached hydrogens (tertiary/aromatic N) is 4. The first-order chi connectivity index (χ1) is 23.7. The highest BCUT2D eigenvalue weighted by atomic mass is 14.8. The predicted octanol–water partition coefficient (Wildman–Crippen LogP) is 10.9. The SMILES string of the molecule is N#Cc1ccc(-c2nc3ccccc3nc2-c2cccc(-c3cc(-c4ccccc4)cc(-c4ccc(-c5ccccc5)cc4)n3)c2)cc1. The van der Waals surface area contributed by atoms with E-state index < -0.39 is 0 Å². The summed E-state index contributed by atoms with van der Waals surface area (Å²) in [4.78, 5) is 15.4. The minimum absolute atomic E-state index is 0.603. The molecular formula is C44H28N4. The molecule has 4 heteroatoms. The predicted molar refractivity (Wildman–Crippen MR) is 195 cm³/mol. The van der Waals surface area contributed by atoms with Crippen LogP contribution >= 0.6 is 0 Å². The van der Waals surface area contributed by atoms with Gasteiger partial charge in [0.25, 0.3) is 0 Å². The van der Waals surface area contributed by atoms with Crippen molar-refractivity contribution in [3.05, 3.63) is 175 Å². The van der Waals surface area contributed by atoms with E-state index in [0.29, 0.717) is 5.56 Å². The fraction of sp³-hybridized carbons (Fsp3) is 0. The first kappa shape index (κ1) is 28.8. The van der Waals surface area contributed by atoms with E-state index in [1.807, 2.05) is 60.7 Å². The fourth-order valence-corrected chi connectivity index (χ4v) is 6.02. The van der Waals surface area contributed by atoms with Gasteiger partial charge in [0.1, 0.15) is 0 Å². The van der Waals surface area contributed by atoms with Crippen LogP contribution in [0.1, 0.15) is 5.56 Å². The van der Waals surface area contributed by atoms with Gasteiger partial charge < -0.3 is 0 Å². The number of pyridine rings is 1. The highest BCUT2D eigenvalue weighted by Crippen LogP contribution is 2.35. The Morgan fingerprint density at radius 2 is 0.792 bits per heavy atom. The molecule has 48 heavy (non-hydrogen) atoms. The summed E-state index contributed by atoms with van der Waals surface area (Å²) >= 11 is 0. The van der Waals surface area contributed by atoms with Crippen LogP contribution in [0, 0.1) is 11.3 Å². The number of benzene rings is 6. The Morgan fingerprint density at radius 1 is 0.333 bits per heavy atom. The molecule has 8 aromatic rings. The average Bonchev–Trinajstić information content (AvgIpc) is 3.18. The van der Waals surface area contributed by atoms with Gasteiger partial charge in [-0.2, -0.15) is 5.26 Å². The monoisotopic (exact) mass is 612 g/mol. The van der Waals surface area contributed by atoms with E-state index in [9.17, 15) is 5.26 Å². The Labute approximate surface area is 279 Å². The standard InChI is InChI=1S/C44H28N4/c45-29-30-18-20-35(21-19-30)43-44(48-40-17-8-7-16-39(40)47-43)37-15-9-14-36(26-37)42-28-38(32-12-5-2-6-13-32)27-41(46-42)34-24-22-33(23-25-34)31-10-3-1-4-11-31/h1-28H. The van der Waals surface area contributed by atoms with E-state index in [2.05, 4.69) is 115 Å². The number of nitriles is 1. The van der Waals surface area contributed by atoms with E-state index in [4.69, 9.17) is 15.0 Å². The molecule has 0 amide bonds. The Kier molecular flexibility index (Phi) is 7.54. The molecule has 2 heterocycles. The Balaban J connectivity index is 1.26. The lowest BCUT2D eigenvalue weighted by Gasteiger charge is -2.13. The molecule has 0 saturated heterocycles. The van der Waals surface area contributed by atoms with Gasteiger partial charge in [-0.25, -0.2) is 15.0 Å². The lowest BCUT2D eigenvalue weighted by atomic mass is 9.97. The van der Waals surface area contributed by atoms with Gasteiger partial charge in [0.15, 0.2) is 0 Å². The van der Waals surface area contributed by atoms with Crippen molar-refractivity contribution < 1.29 is 0 Å². The maximum atomic E-state index is 9.37. The van der Waals surface area contributed by atoms with E-state index in [1.54, 1.807) is 0 Å². The molecule has 0 radical (unpaired) electrons. The molecule has 0 aliphatic heterocycles. The summed E-state index contributed by atoms with van der Waals surface area (Å²) in [6.07, 6.45) is 0. The molecule has 4 nitrogen and oxygen atoms in total. The minimum atomic E-state index is 0.603. The van der Waals surface area contributed by atoms with E-state index in [0.717, 1.165) is 67.2 Å². The van der Waals surface area contributed by atoms with E-state index in [-0.39, 0.29) is 0 Å². The minimum Gasteiger partial charge on any atom is -0.248 e. The van der Waals surface area contributed by atoms with Gasteiger partial charge in [-0.3, -0.25) is 0 Å². The number of hydrogen-bond acceptors (Lipinski definition) is 4. The largest absolute Gasteiger partial charge is 0.248 e. The molecule has 0 aliphatic carbocycles. The van der Waals surface area contributed by atoms with Crippen molar-refractivity contribution >= 4 is 11.0 Å². The molecule has 2 aromatic heterocycles. The Hall–Kier alpha value is -6.70. The van der Waals surface area contributed by atoms with Crippen LogP contribution in [-0.2, 0) is 0 Å². The third-order valence-electron chi connectivity index (χ3n) is 8.51. The molecule has 224 valence electrons. The zero-order valence-corrected chi connectivity index (χ0v) is 26.0. The highest BCUT2D eigenvalue weighted by Gasteiger charge is 2.16. The molecule has 0 fully saturated rings. The summed E-state index contributed by atoms with van der Waals surface area (Å²) in [5.74, 6) is 0. The number of aromatic nitrogens is 3. The van der Waals surface area contributed by atoms with Crippen molar-refractivity contribution in [2.24, 2.45) is 0 Å². The maximum Gasteiger partial charge on any atom is 0.0991 e. The zero-order valence-electron chi connectivity index (χ0n) is 26.0. The van der Waals surface area contributed by atoms with Gasteiger partial charge in [0, 0.05) is 22.3 Å². The molecule has 0 aliphatic rings. The normalized spacial score (nSPS) is 10.9. The first-order valence-corrected chi connectivity index (χ1v) is 15.8. The van der Waals surface area contributed by atoms with Crippen LogP contribution in [0.15, 0.2) is 170 Å². The van der Waals surface area contributed by atoms with Crippen molar-refractivity contribution in [3.63, 3.8) is 0 Å². The molecule has 0 saturated carbocycles. The van der Waals surface area contributed by atoms with Gasteiger partial charge in [-0.1, -0.05) is 127 Å². The second-order valence-corrected chi connectivity index (χ2v) is 11.6. The van der Waals surface area contributed by atoms with Crippen LogP contribution in [0.5, 0.6) is 0 Å². The topological polar surface area (TPSA) is 62.5 Å². The molecule has 0 spiro atoms. The van der Waals surface area contributed by atoms with Gasteiger partial charge in [-0.05, 0) is 64.7 Å². The molecule has 0 bridgehead atoms. The molecule has 0 unspecified atom stereocenters. The van der Waals surface area contributed by atoms with Crippen LogP contribution in [0.4, 0.5) is 0 Å². The summed E-state index contributed by atoms with van der Waals surface area (Å²) in [6, 6.07) is 59.7. The smallest absolute Gasteiger partial charge is 0.0991 e. The van der Waals surface area contributed by atoms with Gasteiger partial charge in [0.2, 0.25) is 0 Å². The molecule has 6 aromatic carbocycles. The molecular weight excluding hydrogens is 585 g/mol. The van der Waals surface area contributed by atoms with Crippen molar-refractivity contribution in [1.82, 2.24) is 15.0 Å². The summed E-state index contributed by atoms with van der Waals surface area (Å²) < 4.78 is 0. The van der Waals surface area contributed by atoms with Crippen molar-refractivity contribution in [2.45, 2.75) is 0 Å². The second-order valence-electron chi connectivity index (χ2n) is 11.6. The lowest BCUT2D eigenvalue weighted by Crippen LogP contribution is -1.96. The number of fused-ring (bicyclic) bond motifs is 1. The summed E-state index contributed by atoms with van der Waals surface area (Å²) in [6.45, 7) is 0. The summed E-state index contributed by atoms with van der Waals surface area (Å²) in [5, 5.41) is 9.37. The molecule has 8 rings (SSSR count). The summed E-state index contributed by atoms with van der Waals surface area (Å²) in [7, 11) is 0. The third kappa shape index (κ3) is 5.73. The number of para-hydroxylation sites is 2. The fourth-order valence-electron chi connectivity index (χ4n) is 6.02. The summed E-state index contributed by atoms with van der Waals surface area (Å²) in [5.41, 5.74) is 14.0. The first-order valence-electron chi connectivity index (χ1n) is 15.8. The van der Waals surface area contributed by atoms with E-state index in [1.165, 1.54) is 11.1 Å². The van der Waals surface area contributed by atoms with Crippen molar-refractivity contribution in [3.8, 4) is 73.4 Å². The number of rotatable bonds is 6. The van der Waals surface area contributed by atoms with Crippen LogP contribution in [0.3, 0.4) is 0 Å². The third-order valence-corrected chi connectivity index (χ3v) is 8.51. The average molecular weight is 613 g/mol. The van der Waals surface area contributed by atoms with Crippen molar-refractivity contribution in [2.75, 3.05) is 0 Å². The van der Waals surface area contributed by atoms with Gasteiger partial charge >= 0.3 is 0 Å². The highest BCUT2D eigenvalue weighted by molar-refractivity contribution is 5.88. The Bertz CT molecular complexity index is 2430. The second kappa shape index (κ2) is 12.6. The number of hydrogen-bond donors (Lipinski definition) is 0. The van der Waals surface area contributed by atoms with Crippen LogP contribution in [0.2, 0.25) is 0 Å². The van der Waals surface area contributed by atoms with E-state index >= 15 is 0 Å². The van der Waals surface area contributed by atoms with Crippen LogP contribution in [-0.4, -0.2) is 15.0 Å². The quantitative estimate of drug-likeness (QED) is 0.187. The Morgan fingerprint density at radius 3 is 1.42 bits per heavy atom. The maximum absolute atomic E-state index is 9.37. The molecule has 0 N–H and O–H groups in total. The lowest BCUT2D eigenvalue weighted by molar-refractivity contribution is 1.29. The van der Waals surface area contributed by atoms with Crippen LogP contribution in [0.25, 0.3) is 78.3 Å². The van der Waals surface area contributed by atoms with Crippen LogP contribution < -0.4 is 0 Å². The zero-order chi connectivity index (χ0) is 32.3. The molecule has 0 atom stereocenters. The van der Waals surface area contributed by atoms with Gasteiger partial charge in [-0.15, -0.1) is 0 Å². The van der Waals surface area contributed by atoms with Crippen molar-refractivity contribution in [1.29, 1.82) is 5.26 Å². The van der Waals surface area contributed by atoms with Gasteiger partial charge in [0.05, 0.1) is 45.4 Å².